The molecule has 0 saturated heterocycles. The Bertz CT molecular complexity index is 304. The van der Waals surface area contributed by atoms with Crippen LogP contribution in [0.3, 0.4) is 0 Å². The lowest BCUT2D eigenvalue weighted by molar-refractivity contribution is 0.530. The highest BCUT2D eigenvalue weighted by Gasteiger charge is 1.98. The SMILES string of the molecule is CCNCC(=Cc1ccc(Br)o1)CC. The molecule has 1 aromatic rings. The summed E-state index contributed by atoms with van der Waals surface area (Å²) in [5.74, 6) is 0.909. The highest BCUT2D eigenvalue weighted by molar-refractivity contribution is 9.10. The Morgan fingerprint density at radius 1 is 1.50 bits per heavy atom. The Morgan fingerprint density at radius 2 is 2.29 bits per heavy atom. The lowest BCUT2D eigenvalue weighted by atomic mass is 10.2. The Labute approximate surface area is 93.5 Å². The number of halogens is 1. The van der Waals surface area contributed by atoms with Crippen LogP contribution in [0, 0.1) is 0 Å². The maximum absolute atomic E-state index is 5.41. The van der Waals surface area contributed by atoms with E-state index in [-0.39, 0.29) is 0 Å². The lowest BCUT2D eigenvalue weighted by Crippen LogP contribution is -2.15. The minimum atomic E-state index is 0.780. The summed E-state index contributed by atoms with van der Waals surface area (Å²) in [7, 11) is 0. The third-order valence-corrected chi connectivity index (χ3v) is 2.42. The van der Waals surface area contributed by atoms with Gasteiger partial charge in [-0.1, -0.05) is 19.4 Å². The van der Waals surface area contributed by atoms with E-state index in [0.717, 1.165) is 29.9 Å². The predicted molar refractivity (Wildman–Crippen MR) is 63.2 cm³/mol. The minimum absolute atomic E-state index is 0.780. The van der Waals surface area contributed by atoms with E-state index in [4.69, 9.17) is 4.42 Å². The number of furan rings is 1. The first-order valence-corrected chi connectivity index (χ1v) is 5.71. The van der Waals surface area contributed by atoms with E-state index in [1.165, 1.54) is 5.57 Å². The Balaban J connectivity index is 2.63. The van der Waals surface area contributed by atoms with Crippen molar-refractivity contribution in [2.75, 3.05) is 13.1 Å². The molecule has 0 spiro atoms. The van der Waals surface area contributed by atoms with Gasteiger partial charge in [-0.3, -0.25) is 0 Å². The molecule has 0 aromatic carbocycles. The smallest absolute Gasteiger partial charge is 0.169 e. The van der Waals surface area contributed by atoms with E-state index in [0.29, 0.717) is 0 Å². The van der Waals surface area contributed by atoms with Gasteiger partial charge in [-0.25, -0.2) is 0 Å². The van der Waals surface area contributed by atoms with Crippen molar-refractivity contribution in [1.29, 1.82) is 0 Å². The van der Waals surface area contributed by atoms with Crippen molar-refractivity contribution in [1.82, 2.24) is 5.32 Å². The van der Waals surface area contributed by atoms with Crippen LogP contribution >= 0.6 is 15.9 Å². The van der Waals surface area contributed by atoms with Crippen LogP contribution in [0.25, 0.3) is 6.08 Å². The summed E-state index contributed by atoms with van der Waals surface area (Å²) in [6.07, 6.45) is 3.14. The van der Waals surface area contributed by atoms with E-state index < -0.39 is 0 Å². The highest BCUT2D eigenvalue weighted by atomic mass is 79.9. The molecule has 1 rings (SSSR count). The quantitative estimate of drug-likeness (QED) is 0.875. The molecule has 0 amide bonds. The van der Waals surface area contributed by atoms with Crippen molar-refractivity contribution in [2.24, 2.45) is 0 Å². The summed E-state index contributed by atoms with van der Waals surface area (Å²) in [6.45, 7) is 6.20. The number of hydrogen-bond donors (Lipinski definition) is 1. The molecule has 1 aromatic heterocycles. The summed E-state index contributed by atoms with van der Waals surface area (Å²) < 4.78 is 6.19. The molecular formula is C11H16BrNO. The van der Waals surface area contributed by atoms with E-state index in [2.05, 4.69) is 41.2 Å². The zero-order chi connectivity index (χ0) is 10.4. The summed E-state index contributed by atoms with van der Waals surface area (Å²) in [5.41, 5.74) is 1.36. The van der Waals surface area contributed by atoms with E-state index in [9.17, 15) is 0 Å². The van der Waals surface area contributed by atoms with Gasteiger partial charge in [0.2, 0.25) is 0 Å². The monoisotopic (exact) mass is 257 g/mol. The Hall–Kier alpha value is -0.540. The maximum Gasteiger partial charge on any atom is 0.169 e. The Kier molecular flexibility index (Phi) is 4.98. The van der Waals surface area contributed by atoms with Crippen LogP contribution in [0.1, 0.15) is 26.0 Å². The first-order valence-electron chi connectivity index (χ1n) is 4.91. The van der Waals surface area contributed by atoms with Gasteiger partial charge in [-0.15, -0.1) is 0 Å². The van der Waals surface area contributed by atoms with E-state index in [1.54, 1.807) is 0 Å². The highest BCUT2D eigenvalue weighted by Crippen LogP contribution is 2.17. The van der Waals surface area contributed by atoms with Crippen molar-refractivity contribution in [2.45, 2.75) is 20.3 Å². The second kappa shape index (κ2) is 6.04. The molecule has 0 atom stereocenters. The van der Waals surface area contributed by atoms with Crippen LogP contribution < -0.4 is 5.32 Å². The molecule has 14 heavy (non-hydrogen) atoms. The summed E-state index contributed by atoms with van der Waals surface area (Å²) in [5, 5.41) is 3.30. The second-order valence-corrected chi connectivity index (χ2v) is 3.86. The van der Waals surface area contributed by atoms with Gasteiger partial charge in [0.25, 0.3) is 0 Å². The Morgan fingerprint density at radius 3 is 2.79 bits per heavy atom. The molecule has 0 unspecified atom stereocenters. The average Bonchev–Trinajstić information content (AvgIpc) is 2.58. The molecule has 78 valence electrons. The molecule has 0 saturated carbocycles. The molecule has 0 fully saturated rings. The average molecular weight is 258 g/mol. The molecule has 2 nitrogen and oxygen atoms in total. The normalized spacial score (nSPS) is 12.1. The van der Waals surface area contributed by atoms with E-state index >= 15 is 0 Å². The van der Waals surface area contributed by atoms with E-state index in [1.807, 2.05) is 12.1 Å². The topological polar surface area (TPSA) is 25.2 Å². The summed E-state index contributed by atoms with van der Waals surface area (Å²) in [6, 6.07) is 3.87. The van der Waals surface area contributed by atoms with Crippen molar-refractivity contribution >= 4 is 22.0 Å². The zero-order valence-electron chi connectivity index (χ0n) is 8.64. The van der Waals surface area contributed by atoms with Gasteiger partial charge in [-0.05, 0) is 47.1 Å². The molecule has 3 heteroatoms. The van der Waals surface area contributed by atoms with Gasteiger partial charge in [0.1, 0.15) is 5.76 Å². The summed E-state index contributed by atoms with van der Waals surface area (Å²) in [4.78, 5) is 0. The fourth-order valence-electron chi connectivity index (χ4n) is 1.17. The van der Waals surface area contributed by atoms with Crippen LogP contribution in [-0.4, -0.2) is 13.1 Å². The molecule has 1 N–H and O–H groups in total. The molecule has 0 aliphatic heterocycles. The second-order valence-electron chi connectivity index (χ2n) is 3.08. The van der Waals surface area contributed by atoms with Crippen molar-refractivity contribution in [3.05, 3.63) is 28.1 Å². The minimum Gasteiger partial charge on any atom is -0.450 e. The van der Waals surface area contributed by atoms with Gasteiger partial charge in [0, 0.05) is 6.54 Å². The molecule has 0 radical (unpaired) electrons. The third kappa shape index (κ3) is 3.68. The fourth-order valence-corrected chi connectivity index (χ4v) is 1.49. The molecule has 1 heterocycles. The van der Waals surface area contributed by atoms with Crippen LogP contribution in [0.2, 0.25) is 0 Å². The predicted octanol–water partition coefficient (Wildman–Crippen LogP) is 3.45. The summed E-state index contributed by atoms with van der Waals surface area (Å²) >= 11 is 3.29. The van der Waals surface area contributed by atoms with Gasteiger partial charge in [-0.2, -0.15) is 0 Å². The first-order chi connectivity index (χ1) is 6.76. The van der Waals surface area contributed by atoms with Gasteiger partial charge in [0.15, 0.2) is 4.67 Å². The van der Waals surface area contributed by atoms with Crippen LogP contribution in [0.5, 0.6) is 0 Å². The number of hydrogen-bond acceptors (Lipinski definition) is 2. The third-order valence-electron chi connectivity index (χ3n) is 2.00. The van der Waals surface area contributed by atoms with Crippen LogP contribution in [0.15, 0.2) is 26.8 Å². The zero-order valence-corrected chi connectivity index (χ0v) is 10.2. The molecule has 0 aliphatic carbocycles. The number of nitrogens with one attached hydrogen (secondary N) is 1. The van der Waals surface area contributed by atoms with Crippen molar-refractivity contribution in [3.8, 4) is 0 Å². The largest absolute Gasteiger partial charge is 0.450 e. The molecular weight excluding hydrogens is 242 g/mol. The number of rotatable bonds is 5. The van der Waals surface area contributed by atoms with Gasteiger partial charge in [0.05, 0.1) is 0 Å². The van der Waals surface area contributed by atoms with Crippen molar-refractivity contribution in [3.63, 3.8) is 0 Å². The molecule has 0 bridgehead atoms. The maximum atomic E-state index is 5.41. The van der Waals surface area contributed by atoms with Crippen LogP contribution in [-0.2, 0) is 0 Å². The van der Waals surface area contributed by atoms with Gasteiger partial charge >= 0.3 is 0 Å². The molecule has 0 aliphatic rings. The number of likely N-dealkylation sites (N-methyl/N-ethyl adjacent to an activating group) is 1. The van der Waals surface area contributed by atoms with Crippen molar-refractivity contribution < 1.29 is 4.42 Å². The first kappa shape index (κ1) is 11.5. The van der Waals surface area contributed by atoms with Crippen LogP contribution in [0.4, 0.5) is 0 Å². The lowest BCUT2D eigenvalue weighted by Gasteiger charge is -2.03. The van der Waals surface area contributed by atoms with Gasteiger partial charge < -0.3 is 9.73 Å². The fraction of sp³-hybridized carbons (Fsp3) is 0.455. The standard InChI is InChI=1S/C11H16BrNO/c1-3-9(8-13-4-2)7-10-5-6-11(12)14-10/h5-7,13H,3-4,8H2,1-2H3.